The first-order chi connectivity index (χ1) is 14.7. The Balaban J connectivity index is 1.73. The predicted octanol–water partition coefficient (Wildman–Crippen LogP) is 2.17. The van der Waals surface area contributed by atoms with Crippen LogP contribution < -0.4 is 20.3 Å². The van der Waals surface area contributed by atoms with Gasteiger partial charge in [-0.25, -0.2) is 18.5 Å². The molecule has 31 heavy (non-hydrogen) atoms. The van der Waals surface area contributed by atoms with Crippen LogP contribution in [-0.4, -0.2) is 43.4 Å². The van der Waals surface area contributed by atoms with Crippen LogP contribution in [0.1, 0.15) is 13.8 Å². The number of nitrogens with two attached hydrogens (primary N) is 1. The Bertz CT molecular complexity index is 1170. The summed E-state index contributed by atoms with van der Waals surface area (Å²) in [5, 5.41) is 8.24. The van der Waals surface area contributed by atoms with Gasteiger partial charge < -0.3 is 15.1 Å². The number of nitrogens with one attached hydrogen (secondary N) is 1. The molecule has 1 aromatic heterocycles. The smallest absolute Gasteiger partial charge is 0.238 e. The summed E-state index contributed by atoms with van der Waals surface area (Å²) < 4.78 is 22.9. The van der Waals surface area contributed by atoms with Crippen LogP contribution in [-0.2, 0) is 14.8 Å². The van der Waals surface area contributed by atoms with Gasteiger partial charge in [-0.1, -0.05) is 24.3 Å². The van der Waals surface area contributed by atoms with E-state index in [1.165, 1.54) is 12.1 Å². The number of carbonyl (C=O) groups is 1. The van der Waals surface area contributed by atoms with E-state index in [1.54, 1.807) is 30.3 Å². The number of sulfonamides is 1. The van der Waals surface area contributed by atoms with Gasteiger partial charge in [-0.3, -0.25) is 4.79 Å². The molecule has 162 valence electrons. The Hall–Kier alpha value is -3.24. The highest BCUT2D eigenvalue weighted by atomic mass is 32.2. The van der Waals surface area contributed by atoms with Crippen molar-refractivity contribution in [3.8, 4) is 0 Å². The molecule has 2 heterocycles. The predicted molar refractivity (Wildman–Crippen MR) is 120 cm³/mol. The van der Waals surface area contributed by atoms with Crippen molar-refractivity contribution < 1.29 is 13.2 Å². The van der Waals surface area contributed by atoms with Crippen LogP contribution in [0.3, 0.4) is 0 Å². The minimum Gasteiger partial charge on any atom is -0.345 e. The standard InChI is InChI=1S/C21H24N6O3S/c1-13(2)27-17-7-5-4-6-16(17)20(28)26(3)18-12-23-21(25-19(18)27)24-14-8-10-15(11-9-14)31(22,29)30/h4-13,16-17H,1-3H3,(H2,22,29,30)(H,23,24,25). The van der Waals surface area contributed by atoms with Crippen molar-refractivity contribution in [3.05, 3.63) is 54.8 Å². The Morgan fingerprint density at radius 1 is 1.13 bits per heavy atom. The lowest BCUT2D eigenvalue weighted by atomic mass is 9.92. The van der Waals surface area contributed by atoms with Crippen LogP contribution in [0.25, 0.3) is 0 Å². The van der Waals surface area contributed by atoms with Crippen LogP contribution >= 0.6 is 0 Å². The Morgan fingerprint density at radius 3 is 2.45 bits per heavy atom. The summed E-state index contributed by atoms with van der Waals surface area (Å²) in [5.41, 5.74) is 1.24. The zero-order valence-electron chi connectivity index (χ0n) is 17.4. The second kappa shape index (κ2) is 7.78. The van der Waals surface area contributed by atoms with E-state index in [-0.39, 0.29) is 28.8 Å². The molecule has 4 rings (SSSR count). The number of amides is 1. The second-order valence-corrected chi connectivity index (χ2v) is 9.34. The Kier molecular flexibility index (Phi) is 5.28. The lowest BCUT2D eigenvalue weighted by molar-refractivity contribution is -0.120. The van der Waals surface area contributed by atoms with Gasteiger partial charge in [0.05, 0.1) is 23.1 Å². The molecule has 3 N–H and O–H groups in total. The quantitative estimate of drug-likeness (QED) is 0.747. The summed E-state index contributed by atoms with van der Waals surface area (Å²) in [4.78, 5) is 25.9. The average molecular weight is 441 g/mol. The van der Waals surface area contributed by atoms with Crippen LogP contribution in [0.2, 0.25) is 0 Å². The lowest BCUT2D eigenvalue weighted by Crippen LogP contribution is -2.46. The molecule has 0 saturated carbocycles. The van der Waals surface area contributed by atoms with E-state index in [9.17, 15) is 13.2 Å². The summed E-state index contributed by atoms with van der Waals surface area (Å²) in [6.45, 7) is 4.12. The lowest BCUT2D eigenvalue weighted by Gasteiger charge is -2.36. The number of nitrogens with zero attached hydrogens (tertiary/aromatic N) is 4. The van der Waals surface area contributed by atoms with Gasteiger partial charge in [0.2, 0.25) is 21.9 Å². The van der Waals surface area contributed by atoms with Gasteiger partial charge in [0, 0.05) is 18.8 Å². The number of carbonyl (C=O) groups excluding carboxylic acids is 1. The summed E-state index contributed by atoms with van der Waals surface area (Å²) >= 11 is 0. The number of primary sulfonamides is 1. The minimum atomic E-state index is -3.76. The number of hydrogen-bond donors (Lipinski definition) is 2. The number of anilines is 4. The summed E-state index contributed by atoms with van der Waals surface area (Å²) in [7, 11) is -2.03. The van der Waals surface area contributed by atoms with Gasteiger partial charge in [0.1, 0.15) is 5.69 Å². The fourth-order valence-electron chi connectivity index (χ4n) is 3.87. The Labute approximate surface area is 181 Å². The van der Waals surface area contributed by atoms with Crippen molar-refractivity contribution in [3.63, 3.8) is 0 Å². The number of hydrogen-bond acceptors (Lipinski definition) is 7. The highest BCUT2D eigenvalue weighted by Crippen LogP contribution is 2.38. The molecule has 1 aliphatic carbocycles. The first-order valence-electron chi connectivity index (χ1n) is 9.84. The molecule has 0 spiro atoms. The molecule has 0 saturated heterocycles. The maximum atomic E-state index is 13.1. The van der Waals surface area contributed by atoms with Crippen LogP contribution in [0.5, 0.6) is 0 Å². The molecule has 1 amide bonds. The van der Waals surface area contributed by atoms with Crippen molar-refractivity contribution in [2.24, 2.45) is 11.1 Å². The van der Waals surface area contributed by atoms with Crippen molar-refractivity contribution in [2.75, 3.05) is 22.2 Å². The first-order valence-corrected chi connectivity index (χ1v) is 11.4. The molecule has 9 nitrogen and oxygen atoms in total. The monoisotopic (exact) mass is 440 g/mol. The molecule has 0 fully saturated rings. The molecule has 2 aromatic rings. The van der Waals surface area contributed by atoms with E-state index in [2.05, 4.69) is 29.0 Å². The van der Waals surface area contributed by atoms with Gasteiger partial charge in [0.15, 0.2) is 5.82 Å². The molecule has 2 unspecified atom stereocenters. The van der Waals surface area contributed by atoms with E-state index in [0.29, 0.717) is 23.1 Å². The molecule has 10 heteroatoms. The van der Waals surface area contributed by atoms with Crippen LogP contribution in [0, 0.1) is 5.92 Å². The molecule has 2 aliphatic rings. The van der Waals surface area contributed by atoms with Gasteiger partial charge in [-0.15, -0.1) is 0 Å². The minimum absolute atomic E-state index is 0.0158. The van der Waals surface area contributed by atoms with Crippen LogP contribution in [0.15, 0.2) is 59.7 Å². The number of rotatable bonds is 4. The third-order valence-electron chi connectivity index (χ3n) is 5.39. The number of aromatic nitrogens is 2. The highest BCUT2D eigenvalue weighted by Gasteiger charge is 2.40. The highest BCUT2D eigenvalue weighted by molar-refractivity contribution is 7.89. The van der Waals surface area contributed by atoms with Crippen molar-refractivity contribution in [2.45, 2.75) is 30.8 Å². The fraction of sp³-hybridized carbons (Fsp3) is 0.286. The molecule has 1 aromatic carbocycles. The molecule has 2 atom stereocenters. The SMILES string of the molecule is CC(C)N1c2nc(Nc3ccc(S(N)(=O)=O)cc3)ncc2N(C)C(=O)C2C=CC=CC21. The van der Waals surface area contributed by atoms with Gasteiger partial charge >= 0.3 is 0 Å². The molecule has 0 bridgehead atoms. The molecule has 0 radical (unpaired) electrons. The van der Waals surface area contributed by atoms with Crippen molar-refractivity contribution in [1.29, 1.82) is 0 Å². The first kappa shape index (κ1) is 21.0. The molecular formula is C21H24N6O3S. The van der Waals surface area contributed by atoms with Gasteiger partial charge in [-0.05, 0) is 38.1 Å². The fourth-order valence-corrected chi connectivity index (χ4v) is 4.39. The van der Waals surface area contributed by atoms with Gasteiger partial charge in [0.25, 0.3) is 0 Å². The van der Waals surface area contributed by atoms with E-state index < -0.39 is 10.0 Å². The molecular weight excluding hydrogens is 416 g/mol. The van der Waals surface area contributed by atoms with Crippen molar-refractivity contribution >= 4 is 39.1 Å². The third-order valence-corrected chi connectivity index (χ3v) is 6.32. The zero-order chi connectivity index (χ0) is 22.3. The van der Waals surface area contributed by atoms with E-state index in [4.69, 9.17) is 10.1 Å². The van der Waals surface area contributed by atoms with Crippen LogP contribution in [0.4, 0.5) is 23.1 Å². The maximum absolute atomic E-state index is 13.1. The summed E-state index contributed by atoms with van der Waals surface area (Å²) in [5.74, 6) is 0.658. The normalized spacial score (nSPS) is 20.5. The number of benzene rings is 1. The summed E-state index contributed by atoms with van der Waals surface area (Å²) in [6, 6.07) is 5.94. The topological polar surface area (TPSA) is 122 Å². The molecule has 1 aliphatic heterocycles. The maximum Gasteiger partial charge on any atom is 0.238 e. The number of fused-ring (bicyclic) bond motifs is 2. The van der Waals surface area contributed by atoms with E-state index in [1.807, 2.05) is 24.3 Å². The average Bonchev–Trinajstić information content (AvgIpc) is 2.81. The number of allylic oxidation sites excluding steroid dienone is 2. The zero-order valence-corrected chi connectivity index (χ0v) is 18.2. The largest absolute Gasteiger partial charge is 0.345 e. The third kappa shape index (κ3) is 3.91. The second-order valence-electron chi connectivity index (χ2n) is 7.78. The summed E-state index contributed by atoms with van der Waals surface area (Å²) in [6.07, 6.45) is 9.41. The van der Waals surface area contributed by atoms with E-state index in [0.717, 1.165) is 0 Å². The Morgan fingerprint density at radius 2 is 1.81 bits per heavy atom. The van der Waals surface area contributed by atoms with E-state index >= 15 is 0 Å². The van der Waals surface area contributed by atoms with Gasteiger partial charge in [-0.2, -0.15) is 4.98 Å². The van der Waals surface area contributed by atoms with Crippen molar-refractivity contribution in [1.82, 2.24) is 9.97 Å².